The first-order chi connectivity index (χ1) is 9.47. The van der Waals surface area contributed by atoms with Gasteiger partial charge in [0, 0.05) is 30.4 Å². The molecule has 1 aromatic rings. The zero-order valence-electron chi connectivity index (χ0n) is 12.3. The van der Waals surface area contributed by atoms with Crippen molar-refractivity contribution in [1.29, 1.82) is 0 Å². The lowest BCUT2D eigenvalue weighted by Gasteiger charge is -2.16. The first-order valence-corrected chi connectivity index (χ1v) is 7.51. The van der Waals surface area contributed by atoms with Gasteiger partial charge in [0.15, 0.2) is 0 Å². The molecule has 1 aliphatic rings. The highest BCUT2D eigenvalue weighted by atomic mass is 35.5. The van der Waals surface area contributed by atoms with E-state index >= 15 is 0 Å². The summed E-state index contributed by atoms with van der Waals surface area (Å²) in [6, 6.07) is 4.15. The molecule has 0 aromatic carbocycles. The van der Waals surface area contributed by atoms with Crippen LogP contribution in [0.25, 0.3) is 0 Å². The Kier molecular flexibility index (Phi) is 5.00. The Morgan fingerprint density at radius 1 is 1.50 bits per heavy atom. The maximum atomic E-state index is 12.1. The Hall–Kier alpha value is -1.13. The van der Waals surface area contributed by atoms with E-state index in [1.54, 1.807) is 6.07 Å². The first-order valence-electron chi connectivity index (χ1n) is 7.13. The molecular weight excluding hydrogens is 274 g/mol. The Bertz CT molecular complexity index is 486. The largest absolute Gasteiger partial charge is 0.351 e. The molecule has 20 heavy (non-hydrogen) atoms. The number of likely N-dealkylation sites (N-methyl/N-ethyl adjacent to an activating group) is 1. The fourth-order valence-corrected chi connectivity index (χ4v) is 2.30. The van der Waals surface area contributed by atoms with Gasteiger partial charge in [0.25, 0.3) is 5.91 Å². The van der Waals surface area contributed by atoms with Crippen molar-refractivity contribution in [3.8, 4) is 0 Å². The Labute approximate surface area is 125 Å². The number of aromatic nitrogens is 1. The summed E-state index contributed by atoms with van der Waals surface area (Å²) in [5.41, 5.74) is 1.43. The van der Waals surface area contributed by atoms with E-state index in [0.717, 1.165) is 18.3 Å². The van der Waals surface area contributed by atoms with E-state index in [4.69, 9.17) is 11.6 Å². The maximum Gasteiger partial charge on any atom is 0.251 e. The smallest absolute Gasteiger partial charge is 0.251 e. The van der Waals surface area contributed by atoms with E-state index in [9.17, 15) is 4.79 Å². The average molecular weight is 296 g/mol. The van der Waals surface area contributed by atoms with Crippen molar-refractivity contribution in [3.05, 3.63) is 28.5 Å². The van der Waals surface area contributed by atoms with E-state index in [2.05, 4.69) is 22.2 Å². The number of nitrogens with one attached hydrogen (secondary N) is 1. The molecule has 1 aliphatic carbocycles. The molecule has 0 spiro atoms. The Morgan fingerprint density at radius 2 is 2.20 bits per heavy atom. The third-order valence-corrected chi connectivity index (χ3v) is 3.78. The van der Waals surface area contributed by atoms with Crippen LogP contribution in [0.5, 0.6) is 0 Å². The molecule has 1 fully saturated rings. The van der Waals surface area contributed by atoms with Gasteiger partial charge in [-0.1, -0.05) is 25.4 Å². The van der Waals surface area contributed by atoms with Gasteiger partial charge < -0.3 is 10.2 Å². The van der Waals surface area contributed by atoms with Gasteiger partial charge in [-0.15, -0.1) is 0 Å². The number of amides is 1. The van der Waals surface area contributed by atoms with Crippen LogP contribution in [0.15, 0.2) is 12.1 Å². The normalized spacial score (nSPS) is 14.9. The first kappa shape index (κ1) is 15.3. The third-order valence-electron chi connectivity index (χ3n) is 3.59. The SMILES string of the molecule is CC(C)c1cc(C(=O)NCCN(C)C2CC2)cc(Cl)n1. The second kappa shape index (κ2) is 6.55. The molecule has 0 saturated heterocycles. The summed E-state index contributed by atoms with van der Waals surface area (Å²) in [6.07, 6.45) is 2.56. The van der Waals surface area contributed by atoms with Crippen LogP contribution >= 0.6 is 11.6 Å². The molecule has 0 radical (unpaired) electrons. The van der Waals surface area contributed by atoms with Gasteiger partial charge in [0.05, 0.1) is 0 Å². The minimum Gasteiger partial charge on any atom is -0.351 e. The van der Waals surface area contributed by atoms with Gasteiger partial charge in [-0.2, -0.15) is 0 Å². The number of nitrogens with zero attached hydrogens (tertiary/aromatic N) is 2. The number of pyridine rings is 1. The molecule has 5 heteroatoms. The molecule has 2 rings (SSSR count). The second-order valence-electron chi connectivity index (χ2n) is 5.73. The maximum absolute atomic E-state index is 12.1. The zero-order valence-corrected chi connectivity index (χ0v) is 13.1. The van der Waals surface area contributed by atoms with Crippen LogP contribution in [0.3, 0.4) is 0 Å². The lowest BCUT2D eigenvalue weighted by Crippen LogP contribution is -2.34. The highest BCUT2D eigenvalue weighted by molar-refractivity contribution is 6.29. The number of halogens is 1. The van der Waals surface area contributed by atoms with Crippen molar-refractivity contribution >= 4 is 17.5 Å². The molecule has 110 valence electrons. The third kappa shape index (κ3) is 4.18. The molecular formula is C15H22ClN3O. The molecule has 1 amide bonds. The van der Waals surface area contributed by atoms with Crippen LogP contribution in [0.1, 0.15) is 48.7 Å². The van der Waals surface area contributed by atoms with Crippen LogP contribution in [0, 0.1) is 0 Å². The van der Waals surface area contributed by atoms with Crippen LogP contribution in [-0.2, 0) is 0 Å². The number of carbonyl (C=O) groups excluding carboxylic acids is 1. The minimum absolute atomic E-state index is 0.0830. The van der Waals surface area contributed by atoms with Crippen LogP contribution in [-0.4, -0.2) is 42.0 Å². The van der Waals surface area contributed by atoms with Gasteiger partial charge in [-0.25, -0.2) is 4.98 Å². The van der Waals surface area contributed by atoms with Gasteiger partial charge in [-0.05, 0) is 37.9 Å². The summed E-state index contributed by atoms with van der Waals surface area (Å²) in [5, 5.41) is 3.31. The summed E-state index contributed by atoms with van der Waals surface area (Å²) in [7, 11) is 2.10. The fraction of sp³-hybridized carbons (Fsp3) is 0.600. The van der Waals surface area contributed by atoms with Crippen molar-refractivity contribution in [1.82, 2.24) is 15.2 Å². The van der Waals surface area contributed by atoms with E-state index in [1.165, 1.54) is 12.8 Å². The number of hydrogen-bond donors (Lipinski definition) is 1. The standard InChI is InChI=1S/C15H22ClN3O/c1-10(2)13-8-11(9-14(16)18-13)15(20)17-6-7-19(3)12-4-5-12/h8-10,12H,4-7H2,1-3H3,(H,17,20). The lowest BCUT2D eigenvalue weighted by atomic mass is 10.1. The van der Waals surface area contributed by atoms with Crippen LogP contribution in [0.4, 0.5) is 0 Å². The predicted molar refractivity (Wildman–Crippen MR) is 81.3 cm³/mol. The molecule has 0 atom stereocenters. The van der Waals surface area contributed by atoms with Crippen molar-refractivity contribution in [2.75, 3.05) is 20.1 Å². The summed E-state index contributed by atoms with van der Waals surface area (Å²) >= 11 is 5.97. The fourth-order valence-electron chi connectivity index (χ4n) is 2.09. The quantitative estimate of drug-likeness (QED) is 0.821. The molecule has 4 nitrogen and oxygen atoms in total. The van der Waals surface area contributed by atoms with Crippen molar-refractivity contribution in [2.24, 2.45) is 0 Å². The van der Waals surface area contributed by atoms with E-state index < -0.39 is 0 Å². The Balaban J connectivity index is 1.90. The Morgan fingerprint density at radius 3 is 2.80 bits per heavy atom. The van der Waals surface area contributed by atoms with E-state index in [1.807, 2.05) is 19.9 Å². The van der Waals surface area contributed by atoms with Gasteiger partial charge in [0.1, 0.15) is 5.15 Å². The summed E-state index contributed by atoms with van der Waals surface area (Å²) < 4.78 is 0. The van der Waals surface area contributed by atoms with Crippen molar-refractivity contribution in [2.45, 2.75) is 38.6 Å². The monoisotopic (exact) mass is 295 g/mol. The second-order valence-corrected chi connectivity index (χ2v) is 6.11. The number of carbonyl (C=O) groups is 1. The highest BCUT2D eigenvalue weighted by Crippen LogP contribution is 2.24. The van der Waals surface area contributed by atoms with Crippen LogP contribution in [0.2, 0.25) is 5.15 Å². The predicted octanol–water partition coefficient (Wildman–Crippen LogP) is 2.68. The zero-order chi connectivity index (χ0) is 14.7. The molecule has 1 aromatic heterocycles. The summed E-state index contributed by atoms with van der Waals surface area (Å²) in [4.78, 5) is 18.6. The van der Waals surface area contributed by atoms with Crippen molar-refractivity contribution in [3.63, 3.8) is 0 Å². The topological polar surface area (TPSA) is 45.2 Å². The highest BCUT2D eigenvalue weighted by Gasteiger charge is 2.25. The number of hydrogen-bond acceptors (Lipinski definition) is 3. The van der Waals surface area contributed by atoms with E-state index in [-0.39, 0.29) is 11.8 Å². The van der Waals surface area contributed by atoms with Gasteiger partial charge in [-0.3, -0.25) is 4.79 Å². The minimum atomic E-state index is -0.0830. The van der Waals surface area contributed by atoms with Crippen molar-refractivity contribution < 1.29 is 4.79 Å². The number of rotatable bonds is 6. The van der Waals surface area contributed by atoms with E-state index in [0.29, 0.717) is 17.3 Å². The molecule has 0 bridgehead atoms. The lowest BCUT2D eigenvalue weighted by molar-refractivity contribution is 0.0949. The summed E-state index contributed by atoms with van der Waals surface area (Å²) in [6.45, 7) is 5.60. The van der Waals surface area contributed by atoms with Crippen LogP contribution < -0.4 is 5.32 Å². The molecule has 1 heterocycles. The molecule has 0 aliphatic heterocycles. The molecule has 1 N–H and O–H groups in total. The summed E-state index contributed by atoms with van der Waals surface area (Å²) in [5.74, 6) is 0.168. The average Bonchev–Trinajstić information content (AvgIpc) is 3.21. The molecule has 1 saturated carbocycles. The van der Waals surface area contributed by atoms with Gasteiger partial charge in [0.2, 0.25) is 0 Å². The van der Waals surface area contributed by atoms with Gasteiger partial charge >= 0.3 is 0 Å². The molecule has 0 unspecified atom stereocenters.